The van der Waals surface area contributed by atoms with Crippen LogP contribution in [0.4, 0.5) is 0 Å². The van der Waals surface area contributed by atoms with Gasteiger partial charge in [0.1, 0.15) is 0 Å². The van der Waals surface area contributed by atoms with Crippen LogP contribution in [0.15, 0.2) is 24.3 Å². The predicted octanol–water partition coefficient (Wildman–Crippen LogP) is 1.80. The number of halogens is 1. The molecule has 1 aromatic rings. The fourth-order valence-electron chi connectivity index (χ4n) is 2.82. The molecule has 3 unspecified atom stereocenters. The summed E-state index contributed by atoms with van der Waals surface area (Å²) in [7, 11) is 0. The fourth-order valence-corrected chi connectivity index (χ4v) is 3.09. The second kappa shape index (κ2) is 5.31. The molecule has 3 atom stereocenters. The molecule has 1 aromatic carbocycles. The summed E-state index contributed by atoms with van der Waals surface area (Å²) >= 11 is 6.13. The monoisotopic (exact) mass is 309 g/mol. The van der Waals surface area contributed by atoms with E-state index in [0.717, 1.165) is 5.56 Å². The first kappa shape index (κ1) is 14.4. The van der Waals surface area contributed by atoms with Gasteiger partial charge in [-0.1, -0.05) is 29.8 Å². The Labute approximate surface area is 127 Å². The largest absolute Gasteiger partial charge is 0.479 e. The van der Waals surface area contributed by atoms with Crippen LogP contribution in [0.25, 0.3) is 0 Å². The molecule has 1 saturated carbocycles. The highest BCUT2D eigenvalue weighted by atomic mass is 35.5. The second-order valence-corrected chi connectivity index (χ2v) is 6.06. The highest BCUT2D eigenvalue weighted by Crippen LogP contribution is 2.49. The smallest absolute Gasteiger partial charge is 0.331 e. The number of carbonyl (C=O) groups excluding carboxylic acids is 1. The zero-order valence-electron chi connectivity index (χ0n) is 11.3. The van der Waals surface area contributed by atoms with Gasteiger partial charge in [-0.05, 0) is 24.0 Å². The van der Waals surface area contributed by atoms with Gasteiger partial charge in [-0.3, -0.25) is 4.79 Å². The van der Waals surface area contributed by atoms with E-state index in [2.05, 4.69) is 5.32 Å². The summed E-state index contributed by atoms with van der Waals surface area (Å²) in [6, 6.07) is 7.44. The van der Waals surface area contributed by atoms with Gasteiger partial charge in [0.15, 0.2) is 5.54 Å². The van der Waals surface area contributed by atoms with E-state index in [4.69, 9.17) is 16.3 Å². The van der Waals surface area contributed by atoms with E-state index >= 15 is 0 Å². The molecule has 112 valence electrons. The molecule has 3 rings (SSSR count). The first-order valence-corrected chi connectivity index (χ1v) is 7.29. The molecule has 2 N–H and O–H groups in total. The first-order valence-electron chi connectivity index (χ1n) is 6.91. The van der Waals surface area contributed by atoms with Crippen molar-refractivity contribution < 1.29 is 19.4 Å². The van der Waals surface area contributed by atoms with Crippen LogP contribution in [0, 0.1) is 5.92 Å². The van der Waals surface area contributed by atoms with Gasteiger partial charge in [0.25, 0.3) is 0 Å². The molecule has 0 aromatic heterocycles. The second-order valence-electron chi connectivity index (χ2n) is 5.65. The molecule has 2 aliphatic rings. The summed E-state index contributed by atoms with van der Waals surface area (Å²) in [5.41, 5.74) is -0.323. The molecule has 1 aliphatic carbocycles. The molecule has 5 nitrogen and oxygen atoms in total. The van der Waals surface area contributed by atoms with Crippen LogP contribution in [-0.4, -0.2) is 35.7 Å². The topological polar surface area (TPSA) is 75.6 Å². The van der Waals surface area contributed by atoms with Crippen LogP contribution < -0.4 is 5.32 Å². The fraction of sp³-hybridized carbons (Fsp3) is 0.467. The highest BCUT2D eigenvalue weighted by Gasteiger charge is 2.50. The van der Waals surface area contributed by atoms with Crippen LogP contribution in [0.5, 0.6) is 0 Å². The summed E-state index contributed by atoms with van der Waals surface area (Å²) in [6.45, 7) is 0.378. The number of aliphatic carboxylic acids is 1. The first-order chi connectivity index (χ1) is 10.0. The Morgan fingerprint density at radius 1 is 1.38 bits per heavy atom. The normalized spacial score (nSPS) is 30.9. The Kier molecular flexibility index (Phi) is 3.63. The van der Waals surface area contributed by atoms with Crippen molar-refractivity contribution in [2.24, 2.45) is 5.92 Å². The lowest BCUT2D eigenvalue weighted by Gasteiger charge is -2.23. The van der Waals surface area contributed by atoms with Crippen molar-refractivity contribution in [2.45, 2.75) is 24.3 Å². The molecule has 1 saturated heterocycles. The molecule has 21 heavy (non-hydrogen) atoms. The lowest BCUT2D eigenvalue weighted by molar-refractivity contribution is -0.147. The van der Waals surface area contributed by atoms with Crippen molar-refractivity contribution in [3.8, 4) is 0 Å². The molecule has 1 aliphatic heterocycles. The third-order valence-electron chi connectivity index (χ3n) is 4.23. The van der Waals surface area contributed by atoms with Crippen LogP contribution in [0.2, 0.25) is 5.02 Å². The minimum Gasteiger partial charge on any atom is -0.479 e. The van der Waals surface area contributed by atoms with Gasteiger partial charge < -0.3 is 15.2 Å². The molecule has 0 radical (unpaired) electrons. The number of amides is 1. The maximum Gasteiger partial charge on any atom is 0.331 e. The maximum absolute atomic E-state index is 12.3. The van der Waals surface area contributed by atoms with Gasteiger partial charge in [0.2, 0.25) is 5.91 Å². The van der Waals surface area contributed by atoms with Crippen LogP contribution in [-0.2, 0) is 14.3 Å². The van der Waals surface area contributed by atoms with E-state index in [0.29, 0.717) is 24.5 Å². The highest BCUT2D eigenvalue weighted by molar-refractivity contribution is 6.31. The quantitative estimate of drug-likeness (QED) is 0.889. The Hall–Kier alpha value is -1.59. The van der Waals surface area contributed by atoms with Gasteiger partial charge in [-0.25, -0.2) is 4.79 Å². The number of hydrogen-bond acceptors (Lipinski definition) is 3. The lowest BCUT2D eigenvalue weighted by atomic mass is 9.98. The summed E-state index contributed by atoms with van der Waals surface area (Å²) < 4.78 is 5.14. The number of nitrogens with one attached hydrogen (secondary N) is 1. The van der Waals surface area contributed by atoms with Crippen molar-refractivity contribution in [1.29, 1.82) is 0 Å². The van der Waals surface area contributed by atoms with Crippen LogP contribution in [0.1, 0.15) is 24.3 Å². The summed E-state index contributed by atoms with van der Waals surface area (Å²) in [4.78, 5) is 23.7. The SMILES string of the molecule is O=C(NC1(C(=O)O)CCOC1)C1CC1c1ccccc1Cl. The third-order valence-corrected chi connectivity index (χ3v) is 4.57. The Morgan fingerprint density at radius 3 is 2.76 bits per heavy atom. The van der Waals surface area contributed by atoms with Gasteiger partial charge in [0.05, 0.1) is 6.61 Å². The number of carbonyl (C=O) groups is 2. The van der Waals surface area contributed by atoms with E-state index in [1.165, 1.54) is 0 Å². The molecular formula is C15H16ClNO4. The van der Waals surface area contributed by atoms with E-state index in [1.807, 2.05) is 18.2 Å². The molecule has 0 spiro atoms. The summed E-state index contributed by atoms with van der Waals surface area (Å²) in [6.07, 6.45) is 1.00. The summed E-state index contributed by atoms with van der Waals surface area (Å²) in [5, 5.41) is 12.6. The molecule has 1 amide bonds. The average Bonchev–Trinajstić information content (AvgIpc) is 3.11. The minimum atomic E-state index is -1.27. The van der Waals surface area contributed by atoms with E-state index < -0.39 is 11.5 Å². The van der Waals surface area contributed by atoms with Crippen molar-refractivity contribution in [3.05, 3.63) is 34.9 Å². The molecule has 1 heterocycles. The molecule has 2 fully saturated rings. The zero-order valence-corrected chi connectivity index (χ0v) is 12.1. The maximum atomic E-state index is 12.3. The van der Waals surface area contributed by atoms with Crippen molar-refractivity contribution in [1.82, 2.24) is 5.32 Å². The van der Waals surface area contributed by atoms with E-state index in [-0.39, 0.29) is 24.3 Å². The predicted molar refractivity (Wildman–Crippen MR) is 76.2 cm³/mol. The number of benzene rings is 1. The number of rotatable bonds is 4. The third kappa shape index (κ3) is 2.63. The number of carboxylic acids is 1. The molecule has 6 heteroatoms. The van der Waals surface area contributed by atoms with Crippen molar-refractivity contribution in [3.63, 3.8) is 0 Å². The minimum absolute atomic E-state index is 0.0254. The van der Waals surface area contributed by atoms with Gasteiger partial charge in [0, 0.05) is 24.0 Å². The standard InChI is InChI=1S/C15H16ClNO4/c16-12-4-2-1-3-9(12)10-7-11(10)13(18)17-15(14(19)20)5-6-21-8-15/h1-4,10-11H,5-8H2,(H,17,18)(H,19,20). The Balaban J connectivity index is 1.68. The summed E-state index contributed by atoms with van der Waals surface area (Å²) in [5.74, 6) is -1.40. The zero-order chi connectivity index (χ0) is 15.0. The van der Waals surface area contributed by atoms with Gasteiger partial charge in [-0.15, -0.1) is 0 Å². The van der Waals surface area contributed by atoms with Crippen LogP contribution >= 0.6 is 11.6 Å². The van der Waals surface area contributed by atoms with Crippen molar-refractivity contribution >= 4 is 23.5 Å². The molecular weight excluding hydrogens is 294 g/mol. The van der Waals surface area contributed by atoms with E-state index in [9.17, 15) is 14.7 Å². The number of hydrogen-bond donors (Lipinski definition) is 2. The van der Waals surface area contributed by atoms with Gasteiger partial charge >= 0.3 is 5.97 Å². The Morgan fingerprint density at radius 2 is 2.14 bits per heavy atom. The van der Waals surface area contributed by atoms with Gasteiger partial charge in [-0.2, -0.15) is 0 Å². The van der Waals surface area contributed by atoms with E-state index in [1.54, 1.807) is 6.07 Å². The van der Waals surface area contributed by atoms with Crippen LogP contribution in [0.3, 0.4) is 0 Å². The average molecular weight is 310 g/mol. The lowest BCUT2D eigenvalue weighted by Crippen LogP contribution is -2.55. The number of carboxylic acid groups (broad SMARTS) is 1. The molecule has 0 bridgehead atoms. The Bertz CT molecular complexity index is 583. The van der Waals surface area contributed by atoms with Crippen molar-refractivity contribution in [2.75, 3.05) is 13.2 Å². The number of ether oxygens (including phenoxy) is 1.